The summed E-state index contributed by atoms with van der Waals surface area (Å²) < 4.78 is 10.8. The topological polar surface area (TPSA) is 42.0 Å². The fourth-order valence-electron chi connectivity index (χ4n) is 2.11. The highest BCUT2D eigenvalue weighted by Gasteiger charge is 2.37. The van der Waals surface area contributed by atoms with Gasteiger partial charge >= 0.3 is 0 Å². The number of hydrogen-bond acceptors (Lipinski definition) is 3. The van der Waals surface area contributed by atoms with Crippen LogP contribution in [0.5, 0.6) is 0 Å². The smallest absolute Gasteiger partial charge is 0.110 e. The van der Waals surface area contributed by atoms with Gasteiger partial charge in [-0.05, 0) is 22.4 Å². The normalized spacial score (nSPS) is 22.3. The highest BCUT2D eigenvalue weighted by atomic mass is 16.6. The lowest BCUT2D eigenvalue weighted by atomic mass is 10.1. The Balaban J connectivity index is 1.58. The van der Waals surface area contributed by atoms with Crippen LogP contribution in [0.1, 0.15) is 5.56 Å². The van der Waals surface area contributed by atoms with E-state index in [2.05, 4.69) is 30.3 Å². The summed E-state index contributed by atoms with van der Waals surface area (Å²) in [6.07, 6.45) is 0.0667. The van der Waals surface area contributed by atoms with Gasteiger partial charge in [0.1, 0.15) is 12.2 Å². The molecule has 1 heterocycles. The van der Waals surface area contributed by atoms with Crippen molar-refractivity contribution in [3.8, 4) is 0 Å². The summed E-state index contributed by atoms with van der Waals surface area (Å²) in [5, 5.41) is 11.3. The Morgan fingerprint density at radius 2 is 1.89 bits per heavy atom. The quantitative estimate of drug-likeness (QED) is 0.819. The summed E-state index contributed by atoms with van der Waals surface area (Å²) in [6.45, 7) is 1.23. The fourth-order valence-corrected chi connectivity index (χ4v) is 2.11. The van der Waals surface area contributed by atoms with E-state index >= 15 is 0 Å². The lowest BCUT2D eigenvalue weighted by molar-refractivity contribution is 0.104. The zero-order chi connectivity index (χ0) is 12.4. The molecule has 0 saturated carbocycles. The standard InChI is InChI=1S/C15H16O3/c16-8-14-15(18-14)10-17-9-11-5-6-12-3-1-2-4-13(12)7-11/h1-7,14-16H,8-10H2/t14-,15-/m0/s1. The molecule has 1 aliphatic rings. The number of hydrogen-bond donors (Lipinski definition) is 1. The van der Waals surface area contributed by atoms with Crippen molar-refractivity contribution in [1.29, 1.82) is 0 Å². The van der Waals surface area contributed by atoms with Gasteiger partial charge in [-0.2, -0.15) is 0 Å². The fraction of sp³-hybridized carbons (Fsp3) is 0.333. The van der Waals surface area contributed by atoms with Crippen molar-refractivity contribution in [3.05, 3.63) is 48.0 Å². The van der Waals surface area contributed by atoms with Crippen molar-refractivity contribution in [2.75, 3.05) is 13.2 Å². The molecule has 18 heavy (non-hydrogen) atoms. The molecule has 2 atom stereocenters. The van der Waals surface area contributed by atoms with E-state index in [1.807, 2.05) is 12.1 Å². The predicted molar refractivity (Wildman–Crippen MR) is 69.4 cm³/mol. The minimum Gasteiger partial charge on any atom is -0.394 e. The van der Waals surface area contributed by atoms with Crippen LogP contribution in [0.2, 0.25) is 0 Å². The van der Waals surface area contributed by atoms with Crippen LogP contribution in [0.15, 0.2) is 42.5 Å². The van der Waals surface area contributed by atoms with Crippen LogP contribution in [0, 0.1) is 0 Å². The highest BCUT2D eigenvalue weighted by Crippen LogP contribution is 2.22. The summed E-state index contributed by atoms with van der Waals surface area (Å²) >= 11 is 0. The van der Waals surface area contributed by atoms with Gasteiger partial charge in [0.25, 0.3) is 0 Å². The van der Waals surface area contributed by atoms with Gasteiger partial charge in [-0.1, -0.05) is 36.4 Å². The third kappa shape index (κ3) is 2.53. The molecule has 1 N–H and O–H groups in total. The maximum atomic E-state index is 8.83. The van der Waals surface area contributed by atoms with Crippen LogP contribution in [0.25, 0.3) is 10.8 Å². The van der Waals surface area contributed by atoms with E-state index < -0.39 is 0 Å². The first-order valence-corrected chi connectivity index (χ1v) is 6.18. The van der Waals surface area contributed by atoms with Crippen molar-refractivity contribution in [2.24, 2.45) is 0 Å². The molecule has 1 saturated heterocycles. The van der Waals surface area contributed by atoms with Crippen molar-refractivity contribution < 1.29 is 14.6 Å². The van der Waals surface area contributed by atoms with Crippen molar-refractivity contribution in [1.82, 2.24) is 0 Å². The maximum Gasteiger partial charge on any atom is 0.110 e. The number of fused-ring (bicyclic) bond motifs is 1. The zero-order valence-corrected chi connectivity index (χ0v) is 10.1. The molecule has 3 nitrogen and oxygen atoms in total. The van der Waals surface area contributed by atoms with Crippen LogP contribution in [-0.4, -0.2) is 30.5 Å². The number of ether oxygens (including phenoxy) is 2. The SMILES string of the molecule is OC[C@@H]1O[C@H]1COCc1ccc2ccccc2c1. The molecular weight excluding hydrogens is 228 g/mol. The summed E-state index contributed by atoms with van der Waals surface area (Å²) in [5.74, 6) is 0. The monoisotopic (exact) mass is 244 g/mol. The third-order valence-electron chi connectivity index (χ3n) is 3.23. The Kier molecular flexibility index (Phi) is 3.28. The van der Waals surface area contributed by atoms with Crippen LogP contribution >= 0.6 is 0 Å². The zero-order valence-electron chi connectivity index (χ0n) is 10.1. The molecule has 0 aromatic heterocycles. The Morgan fingerprint density at radius 1 is 1.06 bits per heavy atom. The largest absolute Gasteiger partial charge is 0.394 e. The molecule has 1 fully saturated rings. The molecule has 0 amide bonds. The van der Waals surface area contributed by atoms with Crippen LogP contribution in [0.4, 0.5) is 0 Å². The van der Waals surface area contributed by atoms with Gasteiger partial charge in [0, 0.05) is 0 Å². The minimum atomic E-state index is -0.0124. The summed E-state index contributed by atoms with van der Waals surface area (Å²) in [4.78, 5) is 0. The Hall–Kier alpha value is -1.42. The predicted octanol–water partition coefficient (Wildman–Crippen LogP) is 2.12. The molecular formula is C15H16O3. The van der Waals surface area contributed by atoms with Gasteiger partial charge in [0.2, 0.25) is 0 Å². The molecule has 0 spiro atoms. The highest BCUT2D eigenvalue weighted by molar-refractivity contribution is 5.82. The molecule has 0 bridgehead atoms. The Morgan fingerprint density at radius 3 is 2.67 bits per heavy atom. The molecule has 0 unspecified atom stereocenters. The maximum absolute atomic E-state index is 8.83. The van der Waals surface area contributed by atoms with E-state index in [1.165, 1.54) is 10.8 Å². The first kappa shape index (κ1) is 11.7. The van der Waals surface area contributed by atoms with Gasteiger partial charge in [-0.25, -0.2) is 0 Å². The number of aliphatic hydroxyl groups is 1. The number of epoxide rings is 1. The van der Waals surface area contributed by atoms with Crippen molar-refractivity contribution >= 4 is 10.8 Å². The van der Waals surface area contributed by atoms with Crippen LogP contribution in [-0.2, 0) is 16.1 Å². The van der Waals surface area contributed by atoms with E-state index in [1.54, 1.807) is 0 Å². The van der Waals surface area contributed by atoms with Crippen molar-refractivity contribution in [2.45, 2.75) is 18.8 Å². The lowest BCUT2D eigenvalue weighted by Crippen LogP contribution is -2.07. The van der Waals surface area contributed by atoms with E-state index in [9.17, 15) is 0 Å². The molecule has 2 aromatic carbocycles. The number of aliphatic hydroxyl groups excluding tert-OH is 1. The Labute approximate surface area is 106 Å². The van der Waals surface area contributed by atoms with Gasteiger partial charge in [-0.3, -0.25) is 0 Å². The van der Waals surface area contributed by atoms with Gasteiger partial charge in [0.05, 0.1) is 19.8 Å². The minimum absolute atomic E-state index is 0.0124. The average Bonchev–Trinajstić information content (AvgIpc) is 3.17. The molecule has 3 rings (SSSR count). The summed E-state index contributed by atoms with van der Waals surface area (Å²) in [7, 11) is 0. The molecule has 2 aromatic rings. The molecule has 3 heteroatoms. The lowest BCUT2D eigenvalue weighted by Gasteiger charge is -2.04. The van der Waals surface area contributed by atoms with Crippen molar-refractivity contribution in [3.63, 3.8) is 0 Å². The second kappa shape index (κ2) is 5.06. The molecule has 94 valence electrons. The van der Waals surface area contributed by atoms with E-state index in [0.29, 0.717) is 13.2 Å². The Bertz CT molecular complexity index is 538. The summed E-state index contributed by atoms with van der Waals surface area (Å²) in [6, 6.07) is 14.6. The first-order chi connectivity index (χ1) is 8.86. The van der Waals surface area contributed by atoms with Gasteiger partial charge < -0.3 is 14.6 Å². The summed E-state index contributed by atoms with van der Waals surface area (Å²) in [5.41, 5.74) is 1.16. The van der Waals surface area contributed by atoms with Gasteiger partial charge in [0.15, 0.2) is 0 Å². The average molecular weight is 244 g/mol. The van der Waals surface area contributed by atoms with E-state index in [-0.39, 0.29) is 18.8 Å². The van der Waals surface area contributed by atoms with Gasteiger partial charge in [-0.15, -0.1) is 0 Å². The first-order valence-electron chi connectivity index (χ1n) is 6.18. The second-order valence-electron chi connectivity index (χ2n) is 4.59. The molecule has 0 aliphatic carbocycles. The number of benzene rings is 2. The van der Waals surface area contributed by atoms with Crippen LogP contribution < -0.4 is 0 Å². The molecule has 1 aliphatic heterocycles. The van der Waals surface area contributed by atoms with Crippen LogP contribution in [0.3, 0.4) is 0 Å². The molecule has 0 radical (unpaired) electrons. The van der Waals surface area contributed by atoms with E-state index in [4.69, 9.17) is 14.6 Å². The number of rotatable bonds is 5. The van der Waals surface area contributed by atoms with E-state index in [0.717, 1.165) is 5.56 Å². The third-order valence-corrected chi connectivity index (χ3v) is 3.23. The second-order valence-corrected chi connectivity index (χ2v) is 4.59.